The van der Waals surface area contributed by atoms with E-state index in [1.165, 1.54) is 6.92 Å². The molecule has 0 unspecified atom stereocenters. The van der Waals surface area contributed by atoms with Crippen molar-refractivity contribution < 1.29 is 22.9 Å². The Hall–Kier alpha value is -3.50. The number of carbonyl (C=O) groups is 1. The van der Waals surface area contributed by atoms with E-state index in [1.807, 2.05) is 35.2 Å². The molecule has 0 bridgehead atoms. The van der Waals surface area contributed by atoms with Gasteiger partial charge >= 0.3 is 0 Å². The molecule has 3 aromatic rings. The molecule has 0 aliphatic heterocycles. The minimum absolute atomic E-state index is 0.230. The second kappa shape index (κ2) is 8.25. The number of fused-ring (bicyclic) bond motifs is 1. The molecule has 1 atom stereocenters. The van der Waals surface area contributed by atoms with Crippen LogP contribution in [0.3, 0.4) is 0 Å². The van der Waals surface area contributed by atoms with Crippen molar-refractivity contribution in [2.45, 2.75) is 17.9 Å². The lowest BCUT2D eigenvalue weighted by Crippen LogP contribution is -2.47. The van der Waals surface area contributed by atoms with E-state index in [-0.39, 0.29) is 10.6 Å². The topological polar surface area (TPSA) is 128 Å². The Balaban J connectivity index is 1.61. The van der Waals surface area contributed by atoms with E-state index >= 15 is 0 Å². The third-order valence-electron chi connectivity index (χ3n) is 4.07. The van der Waals surface area contributed by atoms with Crippen molar-refractivity contribution >= 4 is 32.4 Å². The van der Waals surface area contributed by atoms with Crippen molar-refractivity contribution in [1.29, 1.82) is 0 Å². The van der Waals surface area contributed by atoms with Gasteiger partial charge < -0.3 is 4.74 Å². The van der Waals surface area contributed by atoms with Crippen LogP contribution in [0.15, 0.2) is 71.6 Å². The molecule has 0 fully saturated rings. The lowest BCUT2D eigenvalue weighted by Gasteiger charge is -2.15. The van der Waals surface area contributed by atoms with E-state index in [0.717, 1.165) is 35.0 Å². The van der Waals surface area contributed by atoms with E-state index < -0.39 is 27.0 Å². The number of carbonyl (C=O) groups excluding carboxylic acids is 1. The van der Waals surface area contributed by atoms with Gasteiger partial charge in [-0.15, -0.1) is 4.83 Å². The van der Waals surface area contributed by atoms with Gasteiger partial charge in [0.05, 0.1) is 9.82 Å². The van der Waals surface area contributed by atoms with E-state index in [9.17, 15) is 23.3 Å². The summed E-state index contributed by atoms with van der Waals surface area (Å²) in [6.07, 6.45) is -0.976. The molecule has 0 saturated carbocycles. The van der Waals surface area contributed by atoms with Crippen molar-refractivity contribution in [2.75, 3.05) is 0 Å². The summed E-state index contributed by atoms with van der Waals surface area (Å²) < 4.78 is 30.0. The minimum Gasteiger partial charge on any atom is -0.481 e. The molecule has 0 saturated heterocycles. The van der Waals surface area contributed by atoms with E-state index in [2.05, 4.69) is 5.43 Å². The van der Waals surface area contributed by atoms with Crippen LogP contribution in [-0.2, 0) is 14.8 Å². The highest BCUT2D eigenvalue weighted by molar-refractivity contribution is 7.89. The zero-order valence-corrected chi connectivity index (χ0v) is 16.0. The molecule has 1 amide bonds. The summed E-state index contributed by atoms with van der Waals surface area (Å²) in [4.78, 5) is 23.9. The number of nitrogens with zero attached hydrogens (tertiary/aromatic N) is 1. The number of hydrogen-bond donors (Lipinski definition) is 2. The van der Waals surface area contributed by atoms with Crippen LogP contribution in [0, 0.1) is 10.1 Å². The smallest absolute Gasteiger partial charge is 0.275 e. The van der Waals surface area contributed by atoms with Gasteiger partial charge in [0.15, 0.2) is 6.10 Å². The number of hydrogen-bond acceptors (Lipinski definition) is 6. The van der Waals surface area contributed by atoms with E-state index in [4.69, 9.17) is 4.74 Å². The zero-order valence-electron chi connectivity index (χ0n) is 15.2. The number of rotatable bonds is 7. The summed E-state index contributed by atoms with van der Waals surface area (Å²) in [7, 11) is -4.09. The fourth-order valence-electron chi connectivity index (χ4n) is 2.52. The molecule has 0 heterocycles. The highest BCUT2D eigenvalue weighted by atomic mass is 32.2. The van der Waals surface area contributed by atoms with Gasteiger partial charge in [-0.2, -0.15) is 0 Å². The first-order valence-corrected chi connectivity index (χ1v) is 9.96. The molecular formula is C19H17N3O6S. The van der Waals surface area contributed by atoms with Gasteiger partial charge in [0.2, 0.25) is 0 Å². The molecule has 0 radical (unpaired) electrons. The van der Waals surface area contributed by atoms with Crippen LogP contribution >= 0.6 is 0 Å². The highest BCUT2D eigenvalue weighted by Crippen LogP contribution is 2.21. The molecule has 0 spiro atoms. The van der Waals surface area contributed by atoms with Crippen LogP contribution < -0.4 is 15.0 Å². The number of sulfonamides is 1. The SMILES string of the molecule is C[C@H](Oc1ccc2ccccc2c1)C(=O)NNS(=O)(=O)c1ccc([N+](=O)[O-])cc1. The van der Waals surface area contributed by atoms with Gasteiger partial charge in [0, 0.05) is 12.1 Å². The minimum atomic E-state index is -4.09. The molecule has 29 heavy (non-hydrogen) atoms. The van der Waals surface area contributed by atoms with Crippen molar-refractivity contribution in [2.24, 2.45) is 0 Å². The highest BCUT2D eigenvalue weighted by Gasteiger charge is 2.20. The first kappa shape index (κ1) is 20.2. The van der Waals surface area contributed by atoms with Crippen LogP contribution in [0.25, 0.3) is 10.8 Å². The van der Waals surface area contributed by atoms with Gasteiger partial charge in [0.1, 0.15) is 5.75 Å². The molecule has 3 aromatic carbocycles. The molecule has 10 heteroatoms. The molecular weight excluding hydrogens is 398 g/mol. The van der Waals surface area contributed by atoms with Crippen molar-refractivity contribution in [3.05, 3.63) is 76.8 Å². The Morgan fingerprint density at radius 3 is 2.34 bits per heavy atom. The monoisotopic (exact) mass is 415 g/mol. The maximum absolute atomic E-state index is 12.2. The maximum atomic E-state index is 12.2. The molecule has 0 aromatic heterocycles. The summed E-state index contributed by atoms with van der Waals surface area (Å²) in [5.41, 5.74) is 1.84. The van der Waals surface area contributed by atoms with E-state index in [1.54, 1.807) is 12.1 Å². The van der Waals surface area contributed by atoms with E-state index in [0.29, 0.717) is 5.75 Å². The number of nitro benzene ring substituents is 1. The van der Waals surface area contributed by atoms with Gasteiger partial charge in [-0.3, -0.25) is 20.3 Å². The normalized spacial score (nSPS) is 12.3. The number of nitro groups is 1. The third-order valence-corrected chi connectivity index (χ3v) is 5.33. The first-order chi connectivity index (χ1) is 13.8. The van der Waals surface area contributed by atoms with Crippen molar-refractivity contribution in [1.82, 2.24) is 10.3 Å². The van der Waals surface area contributed by atoms with Crippen LogP contribution in [0.4, 0.5) is 5.69 Å². The number of benzene rings is 3. The average Bonchev–Trinajstić information content (AvgIpc) is 2.72. The van der Waals surface area contributed by atoms with Crippen LogP contribution in [-0.4, -0.2) is 25.4 Å². The number of hydrazine groups is 1. The Bertz CT molecular complexity index is 1160. The summed E-state index contributed by atoms with van der Waals surface area (Å²) in [6, 6.07) is 17.3. The Morgan fingerprint density at radius 1 is 1.03 bits per heavy atom. The van der Waals surface area contributed by atoms with Crippen LogP contribution in [0.2, 0.25) is 0 Å². The standard InChI is InChI=1S/C19H17N3O6S/c1-13(28-17-9-6-14-4-2-3-5-15(14)12-17)19(23)20-21-29(26,27)18-10-7-16(8-11-18)22(24)25/h2-13,21H,1H3,(H,20,23)/t13-/m0/s1. The number of nitrogens with one attached hydrogen (secondary N) is 2. The Labute approximate surface area is 166 Å². The molecule has 150 valence electrons. The number of ether oxygens (including phenoxy) is 1. The molecule has 3 rings (SSSR count). The summed E-state index contributed by atoms with van der Waals surface area (Å²) in [5, 5.41) is 12.6. The van der Waals surface area contributed by atoms with Gasteiger partial charge in [0.25, 0.3) is 21.6 Å². The van der Waals surface area contributed by atoms with Gasteiger partial charge in [-0.05, 0) is 42.0 Å². The molecule has 0 aliphatic rings. The van der Waals surface area contributed by atoms with Crippen molar-refractivity contribution in [3.8, 4) is 5.75 Å². The van der Waals surface area contributed by atoms with Crippen molar-refractivity contribution in [3.63, 3.8) is 0 Å². The molecule has 0 aliphatic carbocycles. The quantitative estimate of drug-likeness (QED) is 0.451. The summed E-state index contributed by atoms with van der Waals surface area (Å²) in [6.45, 7) is 1.48. The largest absolute Gasteiger partial charge is 0.481 e. The second-order valence-electron chi connectivity index (χ2n) is 6.11. The Morgan fingerprint density at radius 2 is 1.69 bits per heavy atom. The lowest BCUT2D eigenvalue weighted by molar-refractivity contribution is -0.384. The zero-order chi connectivity index (χ0) is 21.0. The summed E-state index contributed by atoms with van der Waals surface area (Å²) in [5.74, 6) is -0.242. The molecule has 2 N–H and O–H groups in total. The van der Waals surface area contributed by atoms with Crippen LogP contribution in [0.1, 0.15) is 6.92 Å². The number of non-ortho nitro benzene ring substituents is 1. The Kier molecular flexibility index (Phi) is 5.76. The average molecular weight is 415 g/mol. The molecule has 9 nitrogen and oxygen atoms in total. The fourth-order valence-corrected chi connectivity index (χ4v) is 3.37. The third kappa shape index (κ3) is 4.86. The second-order valence-corrected chi connectivity index (χ2v) is 7.80. The number of amides is 1. The maximum Gasteiger partial charge on any atom is 0.275 e. The van der Waals surface area contributed by atoms with Crippen LogP contribution in [0.5, 0.6) is 5.75 Å². The van der Waals surface area contributed by atoms with Gasteiger partial charge in [-0.25, -0.2) is 8.42 Å². The fraction of sp³-hybridized carbons (Fsp3) is 0.105. The van der Waals surface area contributed by atoms with Gasteiger partial charge in [-0.1, -0.05) is 30.3 Å². The summed E-state index contributed by atoms with van der Waals surface area (Å²) >= 11 is 0. The predicted molar refractivity (Wildman–Crippen MR) is 106 cm³/mol. The lowest BCUT2D eigenvalue weighted by atomic mass is 10.1. The predicted octanol–water partition coefficient (Wildman–Crippen LogP) is 2.53. The first-order valence-electron chi connectivity index (χ1n) is 8.48.